The molecule has 0 amide bonds. The lowest BCUT2D eigenvalue weighted by Crippen LogP contribution is -2.30. The Morgan fingerprint density at radius 1 is 0.301 bits per heavy atom. The zero-order valence-corrected chi connectivity index (χ0v) is 62.7. The predicted octanol–water partition coefficient (Wildman–Crippen LogP) is 21.3. The van der Waals surface area contributed by atoms with Crippen molar-refractivity contribution >= 4 is 39.5 Å². The summed E-state index contributed by atoms with van der Waals surface area (Å²) >= 11 is 0. The Kier molecular flexibility index (Phi) is 62.2. The van der Waals surface area contributed by atoms with E-state index >= 15 is 0 Å². The summed E-state index contributed by atoms with van der Waals surface area (Å²) in [7, 11) is -9.91. The molecule has 0 aromatic rings. The Hall–Kier alpha value is -1.94. The Balaban J connectivity index is 5.24. The molecule has 0 heterocycles. The van der Waals surface area contributed by atoms with E-state index in [4.69, 9.17) is 37.0 Å². The number of phosphoric ester groups is 2. The first-order chi connectivity index (χ1) is 44.7. The van der Waals surface area contributed by atoms with Crippen LogP contribution >= 0.6 is 15.6 Å². The second-order valence-electron chi connectivity index (χ2n) is 27.9. The van der Waals surface area contributed by atoms with Crippen LogP contribution in [0.4, 0.5) is 0 Å². The minimum Gasteiger partial charge on any atom is -0.462 e. The van der Waals surface area contributed by atoms with Gasteiger partial charge in [-0.25, -0.2) is 9.13 Å². The lowest BCUT2D eigenvalue weighted by Gasteiger charge is -2.21. The van der Waals surface area contributed by atoms with Gasteiger partial charge in [0.15, 0.2) is 12.2 Å². The molecule has 93 heavy (non-hydrogen) atoms. The van der Waals surface area contributed by atoms with Crippen molar-refractivity contribution in [3.8, 4) is 0 Å². The number of carbonyl (C=O) groups excluding carboxylic acids is 4. The molecule has 0 aromatic heterocycles. The molecule has 0 aromatic carbocycles. The van der Waals surface area contributed by atoms with Gasteiger partial charge in [-0.3, -0.25) is 37.3 Å². The summed E-state index contributed by atoms with van der Waals surface area (Å²) in [4.78, 5) is 72.7. The molecule has 0 fully saturated rings. The van der Waals surface area contributed by atoms with Gasteiger partial charge in [-0.2, -0.15) is 0 Å². The van der Waals surface area contributed by atoms with E-state index in [1.165, 1.54) is 167 Å². The molecule has 552 valence electrons. The quantitative estimate of drug-likeness (QED) is 0.0222. The van der Waals surface area contributed by atoms with Crippen molar-refractivity contribution < 1.29 is 80.2 Å². The predicted molar refractivity (Wildman–Crippen MR) is 377 cm³/mol. The summed E-state index contributed by atoms with van der Waals surface area (Å²) in [5.41, 5.74) is 0. The van der Waals surface area contributed by atoms with Gasteiger partial charge in [0.05, 0.1) is 26.4 Å². The maximum Gasteiger partial charge on any atom is 0.472 e. The van der Waals surface area contributed by atoms with Crippen molar-refractivity contribution in [1.82, 2.24) is 0 Å². The lowest BCUT2D eigenvalue weighted by molar-refractivity contribution is -0.161. The molecule has 0 saturated carbocycles. The fraction of sp³-hybridized carbons (Fsp3) is 0.946. The molecular formula is C74H144O17P2. The van der Waals surface area contributed by atoms with Gasteiger partial charge in [0.25, 0.3) is 0 Å². The highest BCUT2D eigenvalue weighted by molar-refractivity contribution is 7.47. The van der Waals surface area contributed by atoms with Crippen LogP contribution in [-0.4, -0.2) is 96.7 Å². The number of unbranched alkanes of at least 4 members (excludes halogenated alkanes) is 34. The highest BCUT2D eigenvalue weighted by Crippen LogP contribution is 2.45. The van der Waals surface area contributed by atoms with Crippen molar-refractivity contribution in [1.29, 1.82) is 0 Å². The molecule has 0 saturated heterocycles. The van der Waals surface area contributed by atoms with E-state index in [-0.39, 0.29) is 25.7 Å². The van der Waals surface area contributed by atoms with E-state index in [0.29, 0.717) is 25.7 Å². The van der Waals surface area contributed by atoms with Crippen LogP contribution in [0.1, 0.15) is 370 Å². The smallest absolute Gasteiger partial charge is 0.462 e. The van der Waals surface area contributed by atoms with Crippen LogP contribution in [0.2, 0.25) is 0 Å². The molecule has 0 bridgehead atoms. The summed E-state index contributed by atoms with van der Waals surface area (Å²) in [6, 6.07) is 0. The van der Waals surface area contributed by atoms with Gasteiger partial charge < -0.3 is 33.8 Å². The minimum absolute atomic E-state index is 0.103. The molecule has 0 aliphatic heterocycles. The van der Waals surface area contributed by atoms with Crippen molar-refractivity contribution in [3.63, 3.8) is 0 Å². The first kappa shape index (κ1) is 91.1. The Morgan fingerprint density at radius 2 is 0.516 bits per heavy atom. The van der Waals surface area contributed by atoms with Crippen LogP contribution in [0, 0.1) is 23.7 Å². The molecular weight excluding hydrogens is 1220 g/mol. The largest absolute Gasteiger partial charge is 0.472 e. The maximum absolute atomic E-state index is 13.1. The number of aliphatic hydroxyl groups is 1. The molecule has 0 aliphatic carbocycles. The third-order valence-corrected chi connectivity index (χ3v) is 20.1. The number of aliphatic hydroxyl groups excluding tert-OH is 1. The molecule has 19 heteroatoms. The zero-order chi connectivity index (χ0) is 68.9. The fourth-order valence-electron chi connectivity index (χ4n) is 11.1. The topological polar surface area (TPSA) is 237 Å². The highest BCUT2D eigenvalue weighted by Gasteiger charge is 2.30. The van der Waals surface area contributed by atoms with Gasteiger partial charge in [0.2, 0.25) is 0 Å². The van der Waals surface area contributed by atoms with Gasteiger partial charge >= 0.3 is 39.5 Å². The summed E-state index contributed by atoms with van der Waals surface area (Å²) in [5, 5.41) is 10.6. The fourth-order valence-corrected chi connectivity index (χ4v) is 12.7. The Bertz CT molecular complexity index is 1840. The summed E-state index contributed by atoms with van der Waals surface area (Å²) in [5.74, 6) is 0.976. The van der Waals surface area contributed by atoms with Crippen molar-refractivity contribution in [3.05, 3.63) is 0 Å². The van der Waals surface area contributed by atoms with E-state index < -0.39 is 97.5 Å². The van der Waals surface area contributed by atoms with Gasteiger partial charge in [0.1, 0.15) is 19.3 Å². The number of hydrogen-bond acceptors (Lipinski definition) is 15. The van der Waals surface area contributed by atoms with Crippen molar-refractivity contribution in [2.24, 2.45) is 23.7 Å². The first-order valence-electron chi connectivity index (χ1n) is 38.3. The molecule has 0 aliphatic rings. The van der Waals surface area contributed by atoms with E-state index in [9.17, 15) is 43.2 Å². The maximum atomic E-state index is 13.1. The third-order valence-electron chi connectivity index (χ3n) is 18.2. The molecule has 8 atom stereocenters. The molecule has 0 radical (unpaired) electrons. The van der Waals surface area contributed by atoms with Crippen LogP contribution in [-0.2, 0) is 65.4 Å². The normalized spacial score (nSPS) is 15.1. The van der Waals surface area contributed by atoms with E-state index in [1.807, 2.05) is 0 Å². The number of esters is 4. The summed E-state index contributed by atoms with van der Waals surface area (Å²) in [6.45, 7) is 14.2. The molecule has 5 unspecified atom stereocenters. The minimum atomic E-state index is -4.96. The molecule has 17 nitrogen and oxygen atoms in total. The number of phosphoric acid groups is 2. The summed E-state index contributed by atoms with van der Waals surface area (Å²) in [6.07, 6.45) is 47.1. The second-order valence-corrected chi connectivity index (χ2v) is 30.8. The average Bonchev–Trinajstić information content (AvgIpc) is 2.49. The van der Waals surface area contributed by atoms with Crippen molar-refractivity contribution in [2.45, 2.75) is 388 Å². The number of hydrogen-bond donors (Lipinski definition) is 3. The van der Waals surface area contributed by atoms with Crippen molar-refractivity contribution in [2.75, 3.05) is 39.6 Å². The first-order valence-corrected chi connectivity index (χ1v) is 41.3. The van der Waals surface area contributed by atoms with E-state index in [2.05, 4.69) is 55.4 Å². The standard InChI is InChI=1S/C74H144O17P2/c1-9-65(6)51-43-35-27-20-16-14-12-13-15-17-22-29-38-46-54-71(76)84-60-69(90-73(78)56-48-40-30-23-19-18-21-28-36-44-52-66(7)10-2)62-88-92(80,81)86-58-68(75)59-87-93(82,83)89-63-70(61-85-72(77)55-47-39-33-32-37-45-53-67(8)11-3)91-74(79)57-49-41-31-25-24-26-34-42-50-64(4)5/h64-70,75H,9-63H2,1-8H3,(H,80,81)(H,82,83)/t65?,66?,67?,68-,69-,70-/m1/s1. The van der Waals surface area contributed by atoms with Crippen LogP contribution in [0.15, 0.2) is 0 Å². The lowest BCUT2D eigenvalue weighted by atomic mass is 9.99. The second kappa shape index (κ2) is 63.5. The molecule has 0 rings (SSSR count). The highest BCUT2D eigenvalue weighted by atomic mass is 31.2. The summed E-state index contributed by atoms with van der Waals surface area (Å²) < 4.78 is 68.4. The third kappa shape index (κ3) is 64.5. The SMILES string of the molecule is CCC(C)CCCCCCCCCCCCCCCCC(=O)OC[C@H](COP(=O)(O)OC[C@@H](O)COP(=O)(O)OC[C@@H](COC(=O)CCCCCCCCC(C)CC)OC(=O)CCCCCCCCCCC(C)C)OC(=O)CCCCCCCCCCCCC(C)CC. The van der Waals surface area contributed by atoms with Crippen LogP contribution in [0.5, 0.6) is 0 Å². The molecule has 3 N–H and O–H groups in total. The van der Waals surface area contributed by atoms with Gasteiger partial charge in [-0.1, -0.05) is 319 Å². The van der Waals surface area contributed by atoms with E-state index in [1.54, 1.807) is 0 Å². The average molecular weight is 1370 g/mol. The van der Waals surface area contributed by atoms with E-state index in [0.717, 1.165) is 120 Å². The number of rotatable bonds is 71. The van der Waals surface area contributed by atoms with Gasteiger partial charge in [-0.15, -0.1) is 0 Å². The zero-order valence-electron chi connectivity index (χ0n) is 60.9. The van der Waals surface area contributed by atoms with Crippen LogP contribution in [0.25, 0.3) is 0 Å². The molecule has 0 spiro atoms. The monoisotopic (exact) mass is 1370 g/mol. The number of ether oxygens (including phenoxy) is 4. The Morgan fingerprint density at radius 3 is 0.763 bits per heavy atom. The Labute approximate surface area is 568 Å². The van der Waals surface area contributed by atoms with Crippen LogP contribution in [0.3, 0.4) is 0 Å². The van der Waals surface area contributed by atoms with Crippen LogP contribution < -0.4 is 0 Å². The number of carbonyl (C=O) groups is 4. The van der Waals surface area contributed by atoms with Gasteiger partial charge in [0, 0.05) is 25.7 Å². The van der Waals surface area contributed by atoms with Gasteiger partial charge in [-0.05, 0) is 49.4 Å².